The number of hydrogen-bond donors (Lipinski definition) is 1. The third-order valence-corrected chi connectivity index (χ3v) is 5.70. The number of benzene rings is 2. The molecule has 0 aliphatic heterocycles. The summed E-state index contributed by atoms with van der Waals surface area (Å²) in [4.78, 5) is 16.1. The molecule has 29 heavy (non-hydrogen) atoms. The SMILES string of the molecule is CCOC(=O)CSc1ncc(CO)n1CCC(c1ccccc1)c1ccccc1. The van der Waals surface area contributed by atoms with E-state index < -0.39 is 0 Å². The largest absolute Gasteiger partial charge is 0.465 e. The van der Waals surface area contributed by atoms with Crippen molar-refractivity contribution in [1.82, 2.24) is 9.55 Å². The molecular weight excluding hydrogens is 384 g/mol. The van der Waals surface area contributed by atoms with E-state index in [1.165, 1.54) is 22.9 Å². The van der Waals surface area contributed by atoms with Gasteiger partial charge >= 0.3 is 5.97 Å². The summed E-state index contributed by atoms with van der Waals surface area (Å²) in [6.07, 6.45) is 2.53. The van der Waals surface area contributed by atoms with Gasteiger partial charge in [0.05, 0.1) is 30.9 Å². The van der Waals surface area contributed by atoms with Crippen LogP contribution in [0, 0.1) is 0 Å². The van der Waals surface area contributed by atoms with Crippen LogP contribution < -0.4 is 0 Å². The van der Waals surface area contributed by atoms with Gasteiger partial charge in [0.15, 0.2) is 5.16 Å². The number of carbonyl (C=O) groups excluding carboxylic acids is 1. The zero-order chi connectivity index (χ0) is 20.5. The van der Waals surface area contributed by atoms with Crippen LogP contribution in [0.1, 0.15) is 36.1 Å². The molecule has 0 radical (unpaired) electrons. The minimum Gasteiger partial charge on any atom is -0.465 e. The van der Waals surface area contributed by atoms with Gasteiger partial charge in [-0.15, -0.1) is 0 Å². The van der Waals surface area contributed by atoms with E-state index in [0.29, 0.717) is 13.2 Å². The molecule has 2 aromatic carbocycles. The first-order chi connectivity index (χ1) is 14.2. The van der Waals surface area contributed by atoms with E-state index in [9.17, 15) is 9.90 Å². The molecule has 0 amide bonds. The molecule has 0 bridgehead atoms. The lowest BCUT2D eigenvalue weighted by molar-refractivity contribution is -0.139. The van der Waals surface area contributed by atoms with Crippen molar-refractivity contribution in [3.05, 3.63) is 83.7 Å². The molecule has 0 fully saturated rings. The fraction of sp³-hybridized carbons (Fsp3) is 0.304. The molecule has 0 unspecified atom stereocenters. The number of ether oxygens (including phenoxy) is 1. The van der Waals surface area contributed by atoms with Gasteiger partial charge in [-0.3, -0.25) is 4.79 Å². The monoisotopic (exact) mass is 410 g/mol. The van der Waals surface area contributed by atoms with Crippen LogP contribution in [0.15, 0.2) is 72.0 Å². The fourth-order valence-corrected chi connectivity index (χ4v) is 4.18. The second-order valence-electron chi connectivity index (χ2n) is 6.60. The van der Waals surface area contributed by atoms with Crippen LogP contribution in [0.5, 0.6) is 0 Å². The maximum Gasteiger partial charge on any atom is 0.316 e. The van der Waals surface area contributed by atoms with Crippen molar-refractivity contribution in [3.63, 3.8) is 0 Å². The Hall–Kier alpha value is -2.57. The maximum atomic E-state index is 11.7. The van der Waals surface area contributed by atoms with Gasteiger partial charge in [-0.05, 0) is 24.5 Å². The predicted molar refractivity (Wildman–Crippen MR) is 115 cm³/mol. The normalized spacial score (nSPS) is 11.0. The summed E-state index contributed by atoms with van der Waals surface area (Å²) in [5.74, 6) is 0.176. The Morgan fingerprint density at radius 3 is 2.28 bits per heavy atom. The highest BCUT2D eigenvalue weighted by atomic mass is 32.2. The van der Waals surface area contributed by atoms with Gasteiger partial charge in [0.25, 0.3) is 0 Å². The van der Waals surface area contributed by atoms with Crippen molar-refractivity contribution in [2.45, 2.75) is 37.6 Å². The van der Waals surface area contributed by atoms with Gasteiger partial charge < -0.3 is 14.4 Å². The van der Waals surface area contributed by atoms with Crippen LogP contribution in [0.25, 0.3) is 0 Å². The highest BCUT2D eigenvalue weighted by Crippen LogP contribution is 2.30. The van der Waals surface area contributed by atoms with E-state index >= 15 is 0 Å². The Kier molecular flexibility index (Phi) is 7.90. The first-order valence-corrected chi connectivity index (χ1v) is 10.7. The summed E-state index contributed by atoms with van der Waals surface area (Å²) in [6.45, 7) is 2.76. The highest BCUT2D eigenvalue weighted by molar-refractivity contribution is 7.99. The fourth-order valence-electron chi connectivity index (χ4n) is 3.35. The number of thioether (sulfide) groups is 1. The lowest BCUT2D eigenvalue weighted by Gasteiger charge is -2.20. The number of aliphatic hydroxyl groups is 1. The van der Waals surface area contributed by atoms with Crippen molar-refractivity contribution in [1.29, 1.82) is 0 Å². The van der Waals surface area contributed by atoms with Crippen LogP contribution in [-0.4, -0.2) is 33.0 Å². The lowest BCUT2D eigenvalue weighted by Crippen LogP contribution is -2.12. The molecular formula is C23H26N2O3S. The van der Waals surface area contributed by atoms with Crippen LogP contribution in [0.3, 0.4) is 0 Å². The Labute approximate surface area is 175 Å². The molecule has 0 saturated heterocycles. The second kappa shape index (κ2) is 10.8. The topological polar surface area (TPSA) is 64.3 Å². The van der Waals surface area contributed by atoms with Gasteiger partial charge in [-0.1, -0.05) is 72.4 Å². The van der Waals surface area contributed by atoms with Crippen LogP contribution in [-0.2, 0) is 22.7 Å². The summed E-state index contributed by atoms with van der Waals surface area (Å²) < 4.78 is 7.01. The summed E-state index contributed by atoms with van der Waals surface area (Å²) >= 11 is 1.34. The van der Waals surface area contributed by atoms with E-state index in [4.69, 9.17) is 4.74 Å². The first kappa shape index (κ1) is 21.1. The molecule has 5 nitrogen and oxygen atoms in total. The Morgan fingerprint density at radius 1 is 1.10 bits per heavy atom. The van der Waals surface area contributed by atoms with E-state index in [0.717, 1.165) is 17.3 Å². The molecule has 0 aliphatic rings. The molecule has 152 valence electrons. The van der Waals surface area contributed by atoms with E-state index in [1.807, 2.05) is 16.7 Å². The van der Waals surface area contributed by atoms with Gasteiger partial charge in [-0.25, -0.2) is 4.98 Å². The van der Waals surface area contributed by atoms with E-state index in [2.05, 4.69) is 53.5 Å². The Morgan fingerprint density at radius 2 is 1.72 bits per heavy atom. The van der Waals surface area contributed by atoms with Crippen molar-refractivity contribution >= 4 is 17.7 Å². The number of aromatic nitrogens is 2. The number of esters is 1. The maximum absolute atomic E-state index is 11.7. The number of nitrogens with zero attached hydrogens (tertiary/aromatic N) is 2. The summed E-state index contributed by atoms with van der Waals surface area (Å²) in [6, 6.07) is 20.9. The molecule has 1 N–H and O–H groups in total. The average Bonchev–Trinajstić information content (AvgIpc) is 3.16. The third-order valence-electron chi connectivity index (χ3n) is 4.73. The Balaban J connectivity index is 1.78. The minimum absolute atomic E-state index is 0.0890. The van der Waals surface area contributed by atoms with Crippen LogP contribution in [0.4, 0.5) is 0 Å². The molecule has 1 aromatic heterocycles. The molecule has 3 aromatic rings. The first-order valence-electron chi connectivity index (χ1n) is 9.76. The summed E-state index contributed by atoms with van der Waals surface area (Å²) in [5, 5.41) is 10.5. The van der Waals surface area contributed by atoms with Crippen molar-refractivity contribution in [2.24, 2.45) is 0 Å². The van der Waals surface area contributed by atoms with Gasteiger partial charge in [0.1, 0.15) is 0 Å². The van der Waals surface area contributed by atoms with Gasteiger partial charge in [-0.2, -0.15) is 0 Å². The number of rotatable bonds is 10. The smallest absolute Gasteiger partial charge is 0.316 e. The minimum atomic E-state index is -0.260. The van der Waals surface area contributed by atoms with E-state index in [1.54, 1.807) is 13.1 Å². The average molecular weight is 411 g/mol. The van der Waals surface area contributed by atoms with Gasteiger partial charge in [0, 0.05) is 12.5 Å². The standard InChI is InChI=1S/C23H26N2O3S/c1-2-28-22(27)17-29-23-24-15-20(16-26)25(23)14-13-21(18-9-5-3-6-10-18)19-11-7-4-8-12-19/h3-12,15,21,26H,2,13-14,16-17H2,1H3. The van der Waals surface area contributed by atoms with Gasteiger partial charge in [0.2, 0.25) is 0 Å². The molecule has 0 atom stereocenters. The predicted octanol–water partition coefficient (Wildman–Crippen LogP) is 4.25. The zero-order valence-corrected chi connectivity index (χ0v) is 17.3. The van der Waals surface area contributed by atoms with Crippen LogP contribution in [0.2, 0.25) is 0 Å². The number of carbonyl (C=O) groups is 1. The molecule has 1 heterocycles. The van der Waals surface area contributed by atoms with Crippen LogP contribution >= 0.6 is 11.8 Å². The molecule has 6 heteroatoms. The van der Waals surface area contributed by atoms with Crippen molar-refractivity contribution < 1.29 is 14.6 Å². The number of hydrogen-bond acceptors (Lipinski definition) is 5. The lowest BCUT2D eigenvalue weighted by atomic mass is 9.88. The summed E-state index contributed by atoms with van der Waals surface area (Å²) in [7, 11) is 0. The molecule has 0 aliphatic carbocycles. The quantitative estimate of drug-likeness (QED) is 0.400. The molecule has 0 spiro atoms. The molecule has 3 rings (SSSR count). The van der Waals surface area contributed by atoms with Crippen molar-refractivity contribution in [3.8, 4) is 0 Å². The molecule has 0 saturated carbocycles. The Bertz CT molecular complexity index is 858. The number of aliphatic hydroxyl groups excluding tert-OH is 1. The summed E-state index contributed by atoms with van der Waals surface area (Å²) in [5.41, 5.74) is 3.26. The second-order valence-corrected chi connectivity index (χ2v) is 7.54. The highest BCUT2D eigenvalue weighted by Gasteiger charge is 2.17. The number of imidazole rings is 1. The van der Waals surface area contributed by atoms with E-state index in [-0.39, 0.29) is 24.2 Å². The third kappa shape index (κ3) is 5.71. The zero-order valence-electron chi connectivity index (χ0n) is 16.5. The van der Waals surface area contributed by atoms with Crippen molar-refractivity contribution in [2.75, 3.05) is 12.4 Å².